The minimum Gasteiger partial charge on any atom is -0.457 e. The molecule has 0 aromatic heterocycles. The van der Waals surface area contributed by atoms with E-state index in [1.165, 1.54) is 18.4 Å². The van der Waals surface area contributed by atoms with Crippen LogP contribution >= 0.6 is 0 Å². The fourth-order valence-corrected chi connectivity index (χ4v) is 2.25. The summed E-state index contributed by atoms with van der Waals surface area (Å²) in [6, 6.07) is 18.8. The molecule has 0 heterocycles. The largest absolute Gasteiger partial charge is 0.457 e. The summed E-state index contributed by atoms with van der Waals surface area (Å²) in [6.45, 7) is 0.602. The SMILES string of the molecule is NCC(NC1CC1)c1cccc(Oc2ccccc2)c1. The zero-order valence-electron chi connectivity index (χ0n) is 11.5. The Kier molecular flexibility index (Phi) is 4.00. The average Bonchev–Trinajstić information content (AvgIpc) is 3.30. The number of para-hydroxylation sites is 1. The van der Waals surface area contributed by atoms with Crippen LogP contribution in [0.5, 0.6) is 11.5 Å². The van der Waals surface area contributed by atoms with E-state index in [1.807, 2.05) is 42.5 Å². The molecular weight excluding hydrogens is 248 g/mol. The molecule has 20 heavy (non-hydrogen) atoms. The van der Waals surface area contributed by atoms with Crippen molar-refractivity contribution < 1.29 is 4.74 Å². The second-order valence-electron chi connectivity index (χ2n) is 5.22. The van der Waals surface area contributed by atoms with Crippen LogP contribution in [0.15, 0.2) is 54.6 Å². The molecule has 0 radical (unpaired) electrons. The van der Waals surface area contributed by atoms with Gasteiger partial charge in [-0.2, -0.15) is 0 Å². The summed E-state index contributed by atoms with van der Waals surface area (Å²) in [5.41, 5.74) is 7.07. The van der Waals surface area contributed by atoms with Crippen molar-refractivity contribution in [3.8, 4) is 11.5 Å². The smallest absolute Gasteiger partial charge is 0.127 e. The summed E-state index contributed by atoms with van der Waals surface area (Å²) >= 11 is 0. The molecule has 0 saturated heterocycles. The van der Waals surface area contributed by atoms with Crippen LogP contribution in [0, 0.1) is 0 Å². The van der Waals surface area contributed by atoms with Crippen LogP contribution in [-0.2, 0) is 0 Å². The minimum absolute atomic E-state index is 0.210. The van der Waals surface area contributed by atoms with E-state index in [-0.39, 0.29) is 6.04 Å². The third kappa shape index (κ3) is 3.38. The first-order chi connectivity index (χ1) is 9.85. The van der Waals surface area contributed by atoms with Gasteiger partial charge < -0.3 is 15.8 Å². The van der Waals surface area contributed by atoms with Gasteiger partial charge in [-0.25, -0.2) is 0 Å². The lowest BCUT2D eigenvalue weighted by Gasteiger charge is -2.17. The molecule has 3 rings (SSSR count). The average molecular weight is 268 g/mol. The fraction of sp³-hybridized carbons (Fsp3) is 0.294. The van der Waals surface area contributed by atoms with E-state index in [4.69, 9.17) is 10.5 Å². The van der Waals surface area contributed by atoms with Gasteiger partial charge in [0.15, 0.2) is 0 Å². The van der Waals surface area contributed by atoms with Crippen molar-refractivity contribution in [3.05, 3.63) is 60.2 Å². The molecule has 0 amide bonds. The number of hydrogen-bond donors (Lipinski definition) is 2. The molecule has 1 aliphatic carbocycles. The molecule has 0 aliphatic heterocycles. The Morgan fingerprint density at radius 2 is 1.80 bits per heavy atom. The minimum atomic E-state index is 0.210. The van der Waals surface area contributed by atoms with Crippen molar-refractivity contribution >= 4 is 0 Å². The number of hydrogen-bond acceptors (Lipinski definition) is 3. The molecular formula is C17H20N2O. The fourth-order valence-electron chi connectivity index (χ4n) is 2.25. The van der Waals surface area contributed by atoms with Crippen LogP contribution in [-0.4, -0.2) is 12.6 Å². The van der Waals surface area contributed by atoms with E-state index in [9.17, 15) is 0 Å². The number of nitrogens with one attached hydrogen (secondary N) is 1. The molecule has 3 N–H and O–H groups in total. The number of benzene rings is 2. The van der Waals surface area contributed by atoms with E-state index in [0.717, 1.165) is 11.5 Å². The Morgan fingerprint density at radius 1 is 1.05 bits per heavy atom. The molecule has 1 unspecified atom stereocenters. The molecule has 2 aromatic carbocycles. The highest BCUT2D eigenvalue weighted by Gasteiger charge is 2.24. The highest BCUT2D eigenvalue weighted by Crippen LogP contribution is 2.27. The first-order valence-corrected chi connectivity index (χ1v) is 7.14. The second-order valence-corrected chi connectivity index (χ2v) is 5.22. The molecule has 0 spiro atoms. The maximum Gasteiger partial charge on any atom is 0.127 e. The zero-order valence-corrected chi connectivity index (χ0v) is 11.5. The highest BCUT2D eigenvalue weighted by atomic mass is 16.5. The van der Waals surface area contributed by atoms with Crippen molar-refractivity contribution in [2.24, 2.45) is 5.73 Å². The van der Waals surface area contributed by atoms with Crippen molar-refractivity contribution in [1.29, 1.82) is 0 Å². The first-order valence-electron chi connectivity index (χ1n) is 7.14. The predicted molar refractivity (Wildman–Crippen MR) is 80.9 cm³/mol. The van der Waals surface area contributed by atoms with Gasteiger partial charge in [-0.3, -0.25) is 0 Å². The summed E-state index contributed by atoms with van der Waals surface area (Å²) in [4.78, 5) is 0. The third-order valence-corrected chi connectivity index (χ3v) is 3.49. The van der Waals surface area contributed by atoms with Crippen LogP contribution in [0.4, 0.5) is 0 Å². The molecule has 1 aliphatic rings. The Balaban J connectivity index is 1.74. The van der Waals surface area contributed by atoms with Crippen molar-refractivity contribution in [2.75, 3.05) is 6.54 Å². The molecule has 1 saturated carbocycles. The summed E-state index contributed by atoms with van der Waals surface area (Å²) in [6.07, 6.45) is 2.52. The third-order valence-electron chi connectivity index (χ3n) is 3.49. The van der Waals surface area contributed by atoms with Gasteiger partial charge in [-0.05, 0) is 42.7 Å². The number of rotatable bonds is 6. The van der Waals surface area contributed by atoms with E-state index in [2.05, 4.69) is 17.4 Å². The van der Waals surface area contributed by atoms with Gasteiger partial charge in [0.05, 0.1) is 0 Å². The van der Waals surface area contributed by atoms with E-state index in [0.29, 0.717) is 12.6 Å². The van der Waals surface area contributed by atoms with Crippen molar-refractivity contribution in [2.45, 2.75) is 24.9 Å². The first kappa shape index (κ1) is 13.2. The molecule has 0 bridgehead atoms. The summed E-state index contributed by atoms with van der Waals surface area (Å²) in [5, 5.41) is 3.57. The van der Waals surface area contributed by atoms with Gasteiger partial charge in [0.25, 0.3) is 0 Å². The maximum atomic E-state index is 5.88. The number of ether oxygens (including phenoxy) is 1. The van der Waals surface area contributed by atoms with Crippen LogP contribution < -0.4 is 15.8 Å². The maximum absolute atomic E-state index is 5.88. The van der Waals surface area contributed by atoms with E-state index in [1.54, 1.807) is 0 Å². The molecule has 104 valence electrons. The Morgan fingerprint density at radius 3 is 2.50 bits per heavy atom. The Labute approximate surface area is 119 Å². The van der Waals surface area contributed by atoms with Gasteiger partial charge in [0.1, 0.15) is 11.5 Å². The lowest BCUT2D eigenvalue weighted by Crippen LogP contribution is -2.29. The van der Waals surface area contributed by atoms with Gasteiger partial charge in [0.2, 0.25) is 0 Å². The Hall–Kier alpha value is -1.84. The van der Waals surface area contributed by atoms with Gasteiger partial charge in [-0.1, -0.05) is 30.3 Å². The van der Waals surface area contributed by atoms with E-state index >= 15 is 0 Å². The summed E-state index contributed by atoms with van der Waals surface area (Å²) in [5.74, 6) is 1.70. The lowest BCUT2D eigenvalue weighted by molar-refractivity contribution is 0.478. The molecule has 2 aromatic rings. The van der Waals surface area contributed by atoms with Crippen molar-refractivity contribution in [3.63, 3.8) is 0 Å². The van der Waals surface area contributed by atoms with Gasteiger partial charge in [0, 0.05) is 18.6 Å². The normalized spacial score (nSPS) is 15.8. The molecule has 1 fully saturated rings. The second kappa shape index (κ2) is 6.07. The summed E-state index contributed by atoms with van der Waals surface area (Å²) in [7, 11) is 0. The quantitative estimate of drug-likeness (QED) is 0.845. The zero-order chi connectivity index (χ0) is 13.8. The lowest BCUT2D eigenvalue weighted by atomic mass is 10.1. The van der Waals surface area contributed by atoms with Crippen LogP contribution in [0.3, 0.4) is 0 Å². The van der Waals surface area contributed by atoms with E-state index < -0.39 is 0 Å². The Bertz CT molecular complexity index is 552. The molecule has 3 heteroatoms. The van der Waals surface area contributed by atoms with Gasteiger partial charge >= 0.3 is 0 Å². The monoisotopic (exact) mass is 268 g/mol. The van der Waals surface area contributed by atoms with Crippen LogP contribution in [0.1, 0.15) is 24.4 Å². The van der Waals surface area contributed by atoms with Crippen LogP contribution in [0.25, 0.3) is 0 Å². The van der Waals surface area contributed by atoms with Crippen molar-refractivity contribution in [1.82, 2.24) is 5.32 Å². The highest BCUT2D eigenvalue weighted by molar-refractivity contribution is 5.35. The standard InChI is InChI=1S/C17H20N2O/c18-12-17(19-14-9-10-14)13-5-4-8-16(11-13)20-15-6-2-1-3-7-15/h1-8,11,14,17,19H,9-10,12,18H2. The van der Waals surface area contributed by atoms with Gasteiger partial charge in [-0.15, -0.1) is 0 Å². The molecule has 3 nitrogen and oxygen atoms in total. The topological polar surface area (TPSA) is 47.3 Å². The summed E-state index contributed by atoms with van der Waals surface area (Å²) < 4.78 is 5.87. The number of nitrogens with two attached hydrogens (primary N) is 1. The van der Waals surface area contributed by atoms with Crippen LogP contribution in [0.2, 0.25) is 0 Å². The molecule has 1 atom stereocenters. The predicted octanol–water partition coefficient (Wildman–Crippen LogP) is 3.23.